The van der Waals surface area contributed by atoms with E-state index in [1.54, 1.807) is 0 Å². The Bertz CT molecular complexity index is 2960. The normalized spacial score (nSPS) is 23.0. The number of carbonyl (C=O) groups excluding carboxylic acids is 1. The monoisotopic (exact) mass is 1100 g/mol. The molecule has 3 N–H and O–H groups in total. The van der Waals surface area contributed by atoms with E-state index in [1.807, 2.05) is 60.7 Å². The van der Waals surface area contributed by atoms with Crippen molar-refractivity contribution in [1.82, 2.24) is 29.5 Å². The van der Waals surface area contributed by atoms with Crippen LogP contribution in [0.1, 0.15) is 129 Å². The van der Waals surface area contributed by atoms with E-state index in [2.05, 4.69) is 20.4 Å². The average Bonchev–Trinajstić information content (AvgIpc) is 4.05. The van der Waals surface area contributed by atoms with Crippen LogP contribution in [0.15, 0.2) is 119 Å². The van der Waals surface area contributed by atoms with E-state index < -0.39 is 92.5 Å². The summed E-state index contributed by atoms with van der Waals surface area (Å²) in [6.07, 6.45) is -15.8. The molecule has 0 bridgehead atoms. The first kappa shape index (κ1) is 59.7. The molecule has 0 spiro atoms. The molecule has 0 saturated heterocycles. The lowest BCUT2D eigenvalue weighted by Gasteiger charge is -2.46. The smallest absolute Gasteiger partial charge is 0.394 e. The molecule has 12 nitrogen and oxygen atoms in total. The van der Waals surface area contributed by atoms with Gasteiger partial charge in [-0.05, 0) is 124 Å². The Morgan fingerprint density at radius 2 is 0.896 bits per heavy atom. The summed E-state index contributed by atoms with van der Waals surface area (Å²) in [5, 5.41) is 22.3. The summed E-state index contributed by atoms with van der Waals surface area (Å²) in [5.41, 5.74) is -8.70. The van der Waals surface area contributed by atoms with Gasteiger partial charge in [-0.3, -0.25) is 9.13 Å². The fourth-order valence-electron chi connectivity index (χ4n) is 10.2. The number of rotatable bonds is 14. The first-order chi connectivity index (χ1) is 35.6. The molecule has 8 rings (SSSR count). The van der Waals surface area contributed by atoms with Crippen LogP contribution in [0.2, 0.25) is 0 Å². The van der Waals surface area contributed by atoms with Crippen LogP contribution in [0.5, 0.6) is 0 Å². The summed E-state index contributed by atoms with van der Waals surface area (Å²) in [6.45, 7) is 2.50. The lowest BCUT2D eigenvalue weighted by molar-refractivity contribution is -0.145. The highest BCUT2D eigenvalue weighted by Gasteiger charge is 2.48. The van der Waals surface area contributed by atoms with Gasteiger partial charge in [0.05, 0.1) is 59.8 Å². The lowest BCUT2D eigenvalue weighted by atomic mass is 9.64. The molecule has 0 unspecified atom stereocenters. The Kier molecular flexibility index (Phi) is 17.7. The predicted octanol–water partition coefficient (Wildman–Crippen LogP) is 12.0. The maximum atomic E-state index is 13.4. The van der Waals surface area contributed by atoms with Crippen LogP contribution in [-0.4, -0.2) is 60.7 Å². The second-order valence-corrected chi connectivity index (χ2v) is 19.5. The molecule has 24 heteroatoms. The van der Waals surface area contributed by atoms with Crippen molar-refractivity contribution < 1.29 is 72.1 Å². The van der Waals surface area contributed by atoms with Crippen molar-refractivity contribution in [2.24, 2.45) is 0 Å². The van der Waals surface area contributed by atoms with Gasteiger partial charge in [0.25, 0.3) is 0 Å². The third-order valence-electron chi connectivity index (χ3n) is 15.0. The number of carbonyl (C=O) groups is 1. The van der Waals surface area contributed by atoms with Gasteiger partial charge in [0.1, 0.15) is 24.5 Å². The molecule has 2 aliphatic rings. The predicted molar refractivity (Wildman–Crippen MR) is 256 cm³/mol. The number of alkyl halides is 12. The van der Waals surface area contributed by atoms with E-state index in [0.717, 1.165) is 11.1 Å². The fourth-order valence-corrected chi connectivity index (χ4v) is 10.2. The summed E-state index contributed by atoms with van der Waals surface area (Å²) in [6, 6.07) is 21.3. The molecular formula is C53H56F12N6O6. The van der Waals surface area contributed by atoms with Crippen molar-refractivity contribution in [2.45, 2.75) is 131 Å². The van der Waals surface area contributed by atoms with Crippen LogP contribution in [0.25, 0.3) is 0 Å². The summed E-state index contributed by atoms with van der Waals surface area (Å²) >= 11 is 0. The zero-order valence-corrected chi connectivity index (χ0v) is 40.7. The van der Waals surface area contributed by atoms with Crippen molar-refractivity contribution in [3.8, 4) is 0 Å². The molecule has 2 aliphatic carbocycles. The van der Waals surface area contributed by atoms with E-state index in [9.17, 15) is 72.2 Å². The molecule has 0 amide bonds. The highest BCUT2D eigenvalue weighted by molar-refractivity contribution is 5.62. The number of nitrogens with zero attached hydrogens (tertiary/aromatic N) is 4. The van der Waals surface area contributed by atoms with Gasteiger partial charge < -0.3 is 19.4 Å². The van der Waals surface area contributed by atoms with Gasteiger partial charge in [-0.2, -0.15) is 62.9 Å². The van der Waals surface area contributed by atoms with E-state index in [0.29, 0.717) is 69.1 Å². The van der Waals surface area contributed by atoms with E-state index >= 15 is 0 Å². The van der Waals surface area contributed by atoms with Crippen LogP contribution in [-0.2, 0) is 60.9 Å². The van der Waals surface area contributed by atoms with Crippen LogP contribution in [0.3, 0.4) is 0 Å². The minimum atomic E-state index is -4.96. The molecule has 77 heavy (non-hydrogen) atoms. The number of ether oxygens (including phenoxy) is 2. The van der Waals surface area contributed by atoms with Gasteiger partial charge in [0, 0.05) is 10.8 Å². The number of benzene rings is 4. The molecule has 2 fully saturated rings. The molecule has 2 atom stereocenters. The first-order valence-electron chi connectivity index (χ1n) is 23.8. The minimum Gasteiger partial charge on any atom is -0.394 e. The zero-order chi connectivity index (χ0) is 55.5. The summed E-state index contributed by atoms with van der Waals surface area (Å²) in [4.78, 5) is 36.6. The highest BCUT2D eigenvalue weighted by atomic mass is 19.4. The molecule has 2 aromatic heterocycles. The number of halogens is 12. The Morgan fingerprint density at radius 1 is 0.558 bits per heavy atom. The number of nitrogens with one attached hydrogen (secondary N) is 2. The minimum absolute atomic E-state index is 0. The van der Waals surface area contributed by atoms with Gasteiger partial charge in [-0.1, -0.05) is 68.1 Å². The topological polar surface area (TPSA) is 157 Å². The average molecular weight is 1100 g/mol. The highest BCUT2D eigenvalue weighted by Crippen LogP contribution is 2.49. The molecule has 0 radical (unpaired) electrons. The fraction of sp³-hybridized carbons (Fsp3) is 0.453. The molecule has 2 heterocycles. The maximum Gasteiger partial charge on any atom is 0.416 e. The number of aliphatic hydroxyl groups excluding tert-OH is 1. The van der Waals surface area contributed by atoms with Crippen molar-refractivity contribution >= 4 is 6.29 Å². The van der Waals surface area contributed by atoms with Gasteiger partial charge in [-0.15, -0.1) is 0 Å². The molecular weight excluding hydrogens is 1040 g/mol. The zero-order valence-electron chi connectivity index (χ0n) is 40.7. The van der Waals surface area contributed by atoms with Gasteiger partial charge >= 0.3 is 36.1 Å². The molecule has 4 aromatic carbocycles. The van der Waals surface area contributed by atoms with E-state index in [1.165, 1.54) is 35.6 Å². The lowest BCUT2D eigenvalue weighted by Crippen LogP contribution is -2.50. The number of aliphatic hydroxyl groups is 1. The molecule has 2 saturated carbocycles. The Labute approximate surface area is 433 Å². The number of aldehydes is 1. The third kappa shape index (κ3) is 13.1. The summed E-state index contributed by atoms with van der Waals surface area (Å²) in [7, 11) is 0. The van der Waals surface area contributed by atoms with Crippen LogP contribution < -0.4 is 11.4 Å². The SMILES string of the molecule is C.C[C@@H](OCC1(c2ccccc2)CCC(C=O)(n2cn[nH]c2=O)CC1)c1cc(C(F)(F)F)cc(C(F)(F)F)c1.C[C@@H](OCC1(c2ccccc2)CCC(CO)(n2cn[nH]c2=O)CC1)c1cc(C(F)(F)F)cc(C(F)(F)F)c1. The Morgan fingerprint density at radius 3 is 1.19 bits per heavy atom. The summed E-state index contributed by atoms with van der Waals surface area (Å²) in [5.74, 6) is 0. The maximum absolute atomic E-state index is 13.4. The molecule has 0 aliphatic heterocycles. The second-order valence-electron chi connectivity index (χ2n) is 19.5. The van der Waals surface area contributed by atoms with Crippen LogP contribution in [0, 0.1) is 0 Å². The quantitative estimate of drug-likeness (QED) is 0.0719. The van der Waals surface area contributed by atoms with Crippen molar-refractivity contribution in [1.29, 1.82) is 0 Å². The van der Waals surface area contributed by atoms with Crippen molar-refractivity contribution in [3.05, 3.63) is 175 Å². The number of hydrogen-bond acceptors (Lipinski definition) is 8. The first-order valence-corrected chi connectivity index (χ1v) is 23.8. The number of hydrogen-bond donors (Lipinski definition) is 3. The number of H-pyrrole nitrogens is 2. The molecule has 418 valence electrons. The largest absolute Gasteiger partial charge is 0.416 e. The summed E-state index contributed by atoms with van der Waals surface area (Å²) < 4.78 is 175. The van der Waals surface area contributed by atoms with Crippen LogP contribution in [0.4, 0.5) is 52.7 Å². The van der Waals surface area contributed by atoms with E-state index in [-0.39, 0.29) is 63.3 Å². The second kappa shape index (κ2) is 22.8. The van der Waals surface area contributed by atoms with Gasteiger partial charge in [0.15, 0.2) is 0 Å². The molecule has 6 aromatic rings. The Hall–Kier alpha value is -6.53. The standard InChI is InChI=1S/C26H27F6N3O3.C26H25F6N3O3.CH4/c2*1-17(18-11-20(25(27,28)29)13-21(12-18)26(30,31)32)38-15-23(19-5-3-2-4-6-19)7-9-24(14-36,10-8-23)35-16-33-34-22(35)37;/h2-6,11-13,16-17,36H,7-10,14-15H2,1H3,(H,34,37);2-6,11-14,16-17H,7-10,15H2,1H3,(H,34,37);1H4/t2*17-,23?,24?;/m11./s1. The van der Waals surface area contributed by atoms with E-state index in [4.69, 9.17) is 9.47 Å². The number of aromatic amines is 2. The number of aromatic nitrogens is 6. The van der Waals surface area contributed by atoms with Crippen molar-refractivity contribution in [2.75, 3.05) is 19.8 Å². The van der Waals surface area contributed by atoms with Crippen molar-refractivity contribution in [3.63, 3.8) is 0 Å². The third-order valence-corrected chi connectivity index (χ3v) is 15.0. The Balaban J connectivity index is 0.000000246. The van der Waals surface area contributed by atoms with Gasteiger partial charge in [0.2, 0.25) is 0 Å². The van der Waals surface area contributed by atoms with Crippen LogP contribution >= 0.6 is 0 Å². The van der Waals surface area contributed by atoms with Gasteiger partial charge in [-0.25, -0.2) is 19.8 Å².